The molecule has 0 saturated heterocycles. The molecule has 0 heterocycles. The summed E-state index contributed by atoms with van der Waals surface area (Å²) in [5, 5.41) is 39.7. The molecule has 4 heteroatoms. The van der Waals surface area contributed by atoms with Crippen molar-refractivity contribution in [2.45, 2.75) is 101 Å². The molecule has 0 spiro atoms. The van der Waals surface area contributed by atoms with Crippen LogP contribution in [-0.2, 0) is 0 Å². The summed E-state index contributed by atoms with van der Waals surface area (Å²) in [4.78, 5) is 0. The first-order valence-electron chi connectivity index (χ1n) is 8.98. The van der Waals surface area contributed by atoms with Gasteiger partial charge in [0.25, 0.3) is 0 Å². The molecule has 4 N–H and O–H groups in total. The first-order chi connectivity index (χ1) is 10.5. The van der Waals surface area contributed by atoms with Gasteiger partial charge >= 0.3 is 0 Å². The summed E-state index contributed by atoms with van der Waals surface area (Å²) in [5.74, 6) is 0. The van der Waals surface area contributed by atoms with Gasteiger partial charge in [0.15, 0.2) is 0 Å². The quantitative estimate of drug-likeness (QED) is 0.330. The SMILES string of the molecule is CCCCCCCCCCCCC(O)C1(O)C(O)C=C[C@H]1O. The third-order valence-corrected chi connectivity index (χ3v) is 4.79. The van der Waals surface area contributed by atoms with E-state index in [1.807, 2.05) is 0 Å². The maximum atomic E-state index is 10.2. The molecule has 0 fully saturated rings. The van der Waals surface area contributed by atoms with E-state index in [4.69, 9.17) is 0 Å². The zero-order valence-corrected chi connectivity index (χ0v) is 14.0. The smallest absolute Gasteiger partial charge is 0.149 e. The normalized spacial score (nSPS) is 29.1. The topological polar surface area (TPSA) is 80.9 Å². The molecule has 0 saturated carbocycles. The Morgan fingerprint density at radius 2 is 1.23 bits per heavy atom. The van der Waals surface area contributed by atoms with Crippen LogP contribution < -0.4 is 0 Å². The van der Waals surface area contributed by atoms with Gasteiger partial charge in [-0.25, -0.2) is 0 Å². The second kappa shape index (κ2) is 10.4. The Balaban J connectivity index is 2.03. The van der Waals surface area contributed by atoms with E-state index in [1.165, 1.54) is 57.1 Å². The van der Waals surface area contributed by atoms with E-state index >= 15 is 0 Å². The van der Waals surface area contributed by atoms with E-state index in [0.717, 1.165) is 19.3 Å². The Kier molecular flexibility index (Phi) is 9.25. The minimum Gasteiger partial charge on any atom is -0.390 e. The lowest BCUT2D eigenvalue weighted by atomic mass is 9.86. The molecule has 1 aliphatic carbocycles. The van der Waals surface area contributed by atoms with Crippen molar-refractivity contribution in [1.82, 2.24) is 0 Å². The second-order valence-electron chi connectivity index (χ2n) is 6.65. The van der Waals surface area contributed by atoms with Crippen LogP contribution in [0.25, 0.3) is 0 Å². The van der Waals surface area contributed by atoms with Crippen LogP contribution in [0.3, 0.4) is 0 Å². The Bertz CT molecular complexity index is 304. The van der Waals surface area contributed by atoms with Crippen molar-refractivity contribution in [2.24, 2.45) is 0 Å². The molecule has 3 unspecified atom stereocenters. The van der Waals surface area contributed by atoms with Crippen molar-refractivity contribution in [3.8, 4) is 0 Å². The van der Waals surface area contributed by atoms with Crippen LogP contribution in [0.2, 0.25) is 0 Å². The number of aliphatic hydroxyl groups is 4. The molecule has 0 bridgehead atoms. The minimum absolute atomic E-state index is 0.406. The summed E-state index contributed by atoms with van der Waals surface area (Å²) >= 11 is 0. The summed E-state index contributed by atoms with van der Waals surface area (Å²) in [6, 6.07) is 0. The molecule has 0 aromatic rings. The fourth-order valence-electron chi connectivity index (χ4n) is 3.14. The molecule has 0 radical (unpaired) electrons. The fraction of sp³-hybridized carbons (Fsp3) is 0.889. The number of unbranched alkanes of at least 4 members (excludes halogenated alkanes) is 9. The summed E-state index contributed by atoms with van der Waals surface area (Å²) in [6.45, 7) is 2.23. The number of rotatable bonds is 12. The van der Waals surface area contributed by atoms with Crippen LogP contribution >= 0.6 is 0 Å². The highest BCUT2D eigenvalue weighted by molar-refractivity contribution is 5.20. The van der Waals surface area contributed by atoms with Gasteiger partial charge in [0.2, 0.25) is 0 Å². The van der Waals surface area contributed by atoms with Crippen LogP contribution in [0, 0.1) is 0 Å². The second-order valence-corrected chi connectivity index (χ2v) is 6.65. The van der Waals surface area contributed by atoms with Crippen molar-refractivity contribution in [2.75, 3.05) is 0 Å². The number of hydrogen-bond donors (Lipinski definition) is 4. The third-order valence-electron chi connectivity index (χ3n) is 4.79. The average Bonchev–Trinajstić information content (AvgIpc) is 2.77. The Morgan fingerprint density at radius 3 is 1.68 bits per heavy atom. The molecular formula is C18H34O4. The Hall–Kier alpha value is -0.420. The van der Waals surface area contributed by atoms with Gasteiger partial charge in [0.1, 0.15) is 17.8 Å². The van der Waals surface area contributed by atoms with Crippen molar-refractivity contribution in [3.63, 3.8) is 0 Å². The molecule has 4 nitrogen and oxygen atoms in total. The Labute approximate surface area is 134 Å². The maximum absolute atomic E-state index is 10.2. The third kappa shape index (κ3) is 5.65. The van der Waals surface area contributed by atoms with E-state index < -0.39 is 23.9 Å². The van der Waals surface area contributed by atoms with E-state index in [2.05, 4.69) is 6.92 Å². The van der Waals surface area contributed by atoms with E-state index in [9.17, 15) is 20.4 Å². The molecule has 4 atom stereocenters. The highest BCUT2D eigenvalue weighted by Gasteiger charge is 2.49. The van der Waals surface area contributed by atoms with Crippen molar-refractivity contribution in [1.29, 1.82) is 0 Å². The van der Waals surface area contributed by atoms with Crippen molar-refractivity contribution in [3.05, 3.63) is 12.2 Å². The van der Waals surface area contributed by atoms with Gasteiger partial charge in [-0.1, -0.05) is 83.3 Å². The number of aliphatic hydroxyl groups excluding tert-OH is 3. The van der Waals surface area contributed by atoms with Gasteiger partial charge in [-0.05, 0) is 6.42 Å². The lowest BCUT2D eigenvalue weighted by Gasteiger charge is -2.34. The van der Waals surface area contributed by atoms with Crippen molar-refractivity contribution >= 4 is 0 Å². The molecular weight excluding hydrogens is 280 g/mol. The lowest BCUT2D eigenvalue weighted by Crippen LogP contribution is -2.56. The molecule has 0 aromatic heterocycles. The van der Waals surface area contributed by atoms with Crippen LogP contribution in [0.4, 0.5) is 0 Å². The van der Waals surface area contributed by atoms with Crippen molar-refractivity contribution < 1.29 is 20.4 Å². The summed E-state index contributed by atoms with van der Waals surface area (Å²) < 4.78 is 0. The lowest BCUT2D eigenvalue weighted by molar-refractivity contribution is -0.168. The molecule has 1 aliphatic rings. The van der Waals surface area contributed by atoms with Gasteiger partial charge in [-0.2, -0.15) is 0 Å². The van der Waals surface area contributed by atoms with Crippen LogP contribution in [0.5, 0.6) is 0 Å². The van der Waals surface area contributed by atoms with Gasteiger partial charge in [0, 0.05) is 0 Å². The molecule has 0 aliphatic heterocycles. The van der Waals surface area contributed by atoms with E-state index in [-0.39, 0.29) is 0 Å². The van der Waals surface area contributed by atoms with E-state index in [1.54, 1.807) is 0 Å². The van der Waals surface area contributed by atoms with Crippen LogP contribution in [0.1, 0.15) is 77.6 Å². The largest absolute Gasteiger partial charge is 0.390 e. The standard InChI is InChI=1S/C18H34O4/c1-2-3-4-5-6-7-8-9-10-11-12-15(19)18(22)16(20)13-14-17(18)21/h13-17,19-22H,2-12H2,1H3/t15?,16-,17?,18?/m1/s1. The minimum atomic E-state index is -1.83. The highest BCUT2D eigenvalue weighted by atomic mass is 16.4. The predicted molar refractivity (Wildman–Crippen MR) is 88.6 cm³/mol. The molecule has 1 rings (SSSR count). The zero-order chi connectivity index (χ0) is 16.4. The molecule has 130 valence electrons. The number of hydrogen-bond acceptors (Lipinski definition) is 4. The molecule has 0 aromatic carbocycles. The van der Waals surface area contributed by atoms with Gasteiger partial charge < -0.3 is 20.4 Å². The monoisotopic (exact) mass is 314 g/mol. The summed E-state index contributed by atoms with van der Waals surface area (Å²) in [6.07, 6.45) is 11.7. The van der Waals surface area contributed by atoms with Gasteiger partial charge in [0.05, 0.1) is 6.10 Å². The molecule has 22 heavy (non-hydrogen) atoms. The van der Waals surface area contributed by atoms with Crippen LogP contribution in [0.15, 0.2) is 12.2 Å². The first-order valence-corrected chi connectivity index (χ1v) is 8.98. The average molecular weight is 314 g/mol. The predicted octanol–water partition coefficient (Wildman–Crippen LogP) is 2.68. The zero-order valence-electron chi connectivity index (χ0n) is 14.0. The van der Waals surface area contributed by atoms with Crippen LogP contribution in [-0.4, -0.2) is 44.3 Å². The van der Waals surface area contributed by atoms with Gasteiger partial charge in [-0.15, -0.1) is 0 Å². The Morgan fingerprint density at radius 1 is 0.818 bits per heavy atom. The summed E-state index contributed by atoms with van der Waals surface area (Å²) in [5.41, 5.74) is -1.83. The van der Waals surface area contributed by atoms with E-state index in [0.29, 0.717) is 6.42 Å². The molecule has 0 amide bonds. The first kappa shape index (κ1) is 19.6. The van der Waals surface area contributed by atoms with Gasteiger partial charge in [-0.3, -0.25) is 0 Å². The summed E-state index contributed by atoms with van der Waals surface area (Å²) in [7, 11) is 0. The maximum Gasteiger partial charge on any atom is 0.149 e. The highest BCUT2D eigenvalue weighted by Crippen LogP contribution is 2.30. The fourth-order valence-corrected chi connectivity index (χ4v) is 3.14.